The van der Waals surface area contributed by atoms with Crippen LogP contribution in [0.15, 0.2) is 29.2 Å². The molecule has 0 spiro atoms. The number of hydrogen-bond donors (Lipinski definition) is 2. The normalized spacial score (nSPS) is 20.3. The van der Waals surface area contributed by atoms with Crippen LogP contribution >= 0.6 is 0 Å². The Morgan fingerprint density at radius 2 is 1.46 bits per heavy atom. The molecule has 1 heterocycles. The molecule has 2 amide bonds. The molecule has 0 atom stereocenters. The summed E-state index contributed by atoms with van der Waals surface area (Å²) in [5.74, 6) is 0. The molecular formula is C19H29N3O3S. The van der Waals surface area contributed by atoms with Gasteiger partial charge in [0.05, 0.1) is 4.90 Å². The van der Waals surface area contributed by atoms with Crippen molar-refractivity contribution in [1.29, 1.82) is 0 Å². The molecule has 1 aliphatic carbocycles. The fraction of sp³-hybridized carbons (Fsp3) is 0.632. The van der Waals surface area contributed by atoms with E-state index in [0.29, 0.717) is 18.8 Å². The van der Waals surface area contributed by atoms with Gasteiger partial charge >= 0.3 is 6.03 Å². The summed E-state index contributed by atoms with van der Waals surface area (Å²) in [4.78, 5) is 12.4. The van der Waals surface area contributed by atoms with Crippen LogP contribution in [0.3, 0.4) is 0 Å². The third-order valence-corrected chi connectivity index (χ3v) is 7.17. The van der Waals surface area contributed by atoms with Crippen molar-refractivity contribution in [3.05, 3.63) is 24.3 Å². The first kappa shape index (κ1) is 19.2. The second kappa shape index (κ2) is 8.86. The third-order valence-electron chi connectivity index (χ3n) is 5.26. The van der Waals surface area contributed by atoms with E-state index >= 15 is 0 Å². The van der Waals surface area contributed by atoms with Crippen molar-refractivity contribution in [3.63, 3.8) is 0 Å². The fourth-order valence-electron chi connectivity index (χ4n) is 3.74. The zero-order chi connectivity index (χ0) is 18.4. The van der Waals surface area contributed by atoms with Gasteiger partial charge in [0, 0.05) is 24.8 Å². The number of rotatable bonds is 4. The highest BCUT2D eigenvalue weighted by Gasteiger charge is 2.25. The van der Waals surface area contributed by atoms with E-state index in [1.54, 1.807) is 28.6 Å². The Morgan fingerprint density at radius 3 is 2.08 bits per heavy atom. The van der Waals surface area contributed by atoms with E-state index < -0.39 is 10.0 Å². The zero-order valence-electron chi connectivity index (χ0n) is 15.2. The lowest BCUT2D eigenvalue weighted by molar-refractivity contribution is 0.244. The minimum Gasteiger partial charge on any atom is -0.335 e. The average Bonchev–Trinajstić information content (AvgIpc) is 2.93. The molecule has 3 rings (SSSR count). The van der Waals surface area contributed by atoms with Crippen LogP contribution in [0.4, 0.5) is 10.5 Å². The van der Waals surface area contributed by atoms with Crippen molar-refractivity contribution in [2.45, 2.75) is 68.7 Å². The number of amides is 2. The van der Waals surface area contributed by atoms with Gasteiger partial charge in [-0.2, -0.15) is 4.31 Å². The zero-order valence-corrected chi connectivity index (χ0v) is 16.1. The van der Waals surface area contributed by atoms with Gasteiger partial charge in [-0.05, 0) is 49.9 Å². The van der Waals surface area contributed by atoms with E-state index in [4.69, 9.17) is 0 Å². The summed E-state index contributed by atoms with van der Waals surface area (Å²) >= 11 is 0. The van der Waals surface area contributed by atoms with E-state index in [-0.39, 0.29) is 17.0 Å². The molecule has 1 aromatic rings. The van der Waals surface area contributed by atoms with Crippen LogP contribution < -0.4 is 10.6 Å². The monoisotopic (exact) mass is 379 g/mol. The average molecular weight is 380 g/mol. The van der Waals surface area contributed by atoms with Gasteiger partial charge in [-0.3, -0.25) is 0 Å². The number of carbonyl (C=O) groups is 1. The molecule has 0 unspecified atom stereocenters. The van der Waals surface area contributed by atoms with E-state index in [1.807, 2.05) is 0 Å². The first-order valence-corrected chi connectivity index (χ1v) is 11.2. The van der Waals surface area contributed by atoms with E-state index in [2.05, 4.69) is 10.6 Å². The third kappa shape index (κ3) is 4.98. The van der Waals surface area contributed by atoms with E-state index in [9.17, 15) is 13.2 Å². The Bertz CT molecular complexity index is 689. The Morgan fingerprint density at radius 1 is 0.885 bits per heavy atom. The van der Waals surface area contributed by atoms with Crippen molar-refractivity contribution in [2.24, 2.45) is 0 Å². The Kier molecular flexibility index (Phi) is 6.53. The predicted octanol–water partition coefficient (Wildman–Crippen LogP) is 3.71. The van der Waals surface area contributed by atoms with Gasteiger partial charge in [-0.25, -0.2) is 13.2 Å². The number of anilines is 1. The summed E-state index contributed by atoms with van der Waals surface area (Å²) in [6.07, 6.45) is 9.63. The Labute approximate surface area is 156 Å². The topological polar surface area (TPSA) is 78.5 Å². The quantitative estimate of drug-likeness (QED) is 0.837. The number of sulfonamides is 1. The van der Waals surface area contributed by atoms with Gasteiger partial charge in [0.25, 0.3) is 0 Å². The number of nitrogens with one attached hydrogen (secondary N) is 2. The van der Waals surface area contributed by atoms with Gasteiger partial charge in [-0.15, -0.1) is 0 Å². The molecule has 1 aliphatic heterocycles. The minimum absolute atomic E-state index is 0.222. The van der Waals surface area contributed by atoms with Crippen molar-refractivity contribution in [2.75, 3.05) is 18.4 Å². The van der Waals surface area contributed by atoms with Crippen LogP contribution in [0, 0.1) is 0 Å². The number of hydrogen-bond acceptors (Lipinski definition) is 3. The van der Waals surface area contributed by atoms with Crippen LogP contribution in [-0.4, -0.2) is 37.9 Å². The van der Waals surface area contributed by atoms with Crippen LogP contribution in [0.25, 0.3) is 0 Å². The van der Waals surface area contributed by atoms with Crippen molar-refractivity contribution in [1.82, 2.24) is 9.62 Å². The highest BCUT2D eigenvalue weighted by atomic mass is 32.2. The van der Waals surface area contributed by atoms with Crippen LogP contribution in [-0.2, 0) is 10.0 Å². The maximum absolute atomic E-state index is 12.8. The van der Waals surface area contributed by atoms with E-state index in [1.165, 1.54) is 6.42 Å². The highest BCUT2D eigenvalue weighted by molar-refractivity contribution is 7.89. The summed E-state index contributed by atoms with van der Waals surface area (Å²) in [5, 5.41) is 5.79. The van der Waals surface area contributed by atoms with E-state index in [0.717, 1.165) is 51.4 Å². The summed E-state index contributed by atoms with van der Waals surface area (Å²) in [6, 6.07) is 6.50. The molecule has 0 aromatic heterocycles. The summed E-state index contributed by atoms with van der Waals surface area (Å²) < 4.78 is 27.1. The lowest BCUT2D eigenvalue weighted by Gasteiger charge is -2.23. The largest absolute Gasteiger partial charge is 0.335 e. The molecule has 0 radical (unpaired) electrons. The smallest absolute Gasteiger partial charge is 0.319 e. The summed E-state index contributed by atoms with van der Waals surface area (Å²) in [6.45, 7) is 1.18. The molecule has 2 aliphatic rings. The van der Waals surface area contributed by atoms with Crippen molar-refractivity contribution in [3.8, 4) is 0 Å². The van der Waals surface area contributed by atoms with Crippen LogP contribution in [0.1, 0.15) is 57.8 Å². The summed E-state index contributed by atoms with van der Waals surface area (Å²) in [7, 11) is -3.45. The first-order chi connectivity index (χ1) is 12.6. The van der Waals surface area contributed by atoms with Gasteiger partial charge in [0.15, 0.2) is 0 Å². The first-order valence-electron chi connectivity index (χ1n) is 9.73. The highest BCUT2D eigenvalue weighted by Crippen LogP contribution is 2.22. The second-order valence-electron chi connectivity index (χ2n) is 7.28. The lowest BCUT2D eigenvalue weighted by Crippen LogP contribution is -2.39. The van der Waals surface area contributed by atoms with Gasteiger partial charge in [0.1, 0.15) is 0 Å². The molecule has 2 fully saturated rings. The molecule has 7 heteroatoms. The number of benzene rings is 1. The second-order valence-corrected chi connectivity index (χ2v) is 9.21. The molecule has 26 heavy (non-hydrogen) atoms. The molecular weight excluding hydrogens is 350 g/mol. The number of carbonyl (C=O) groups excluding carboxylic acids is 1. The van der Waals surface area contributed by atoms with Gasteiger partial charge < -0.3 is 10.6 Å². The number of urea groups is 1. The van der Waals surface area contributed by atoms with Crippen molar-refractivity contribution < 1.29 is 13.2 Å². The maximum atomic E-state index is 12.8. The van der Waals surface area contributed by atoms with Gasteiger partial charge in [-0.1, -0.05) is 32.1 Å². The molecule has 6 nitrogen and oxygen atoms in total. The van der Waals surface area contributed by atoms with Crippen molar-refractivity contribution >= 4 is 21.7 Å². The fourth-order valence-corrected chi connectivity index (χ4v) is 5.26. The molecule has 1 aromatic carbocycles. The molecule has 2 N–H and O–H groups in total. The Hall–Kier alpha value is -1.60. The van der Waals surface area contributed by atoms with Gasteiger partial charge in [0.2, 0.25) is 10.0 Å². The van der Waals surface area contributed by atoms with Crippen LogP contribution in [0.2, 0.25) is 0 Å². The predicted molar refractivity (Wildman–Crippen MR) is 103 cm³/mol. The van der Waals surface area contributed by atoms with Crippen LogP contribution in [0.5, 0.6) is 0 Å². The molecule has 1 saturated heterocycles. The maximum Gasteiger partial charge on any atom is 0.319 e. The Balaban J connectivity index is 1.59. The lowest BCUT2D eigenvalue weighted by atomic mass is 9.96. The SMILES string of the molecule is O=C(Nc1ccc(S(=O)(=O)N2CCCCCC2)cc1)NC1CCCCC1. The minimum atomic E-state index is -3.45. The molecule has 144 valence electrons. The summed E-state index contributed by atoms with van der Waals surface area (Å²) in [5.41, 5.74) is 0.605. The molecule has 1 saturated carbocycles. The standard InChI is InChI=1S/C19H29N3O3S/c23-19(20-16-8-4-3-5-9-16)21-17-10-12-18(13-11-17)26(24,25)22-14-6-1-2-7-15-22/h10-13,16H,1-9,14-15H2,(H2,20,21,23). The molecule has 0 bridgehead atoms. The number of nitrogens with zero attached hydrogens (tertiary/aromatic N) is 1.